The molecule has 7 heteroatoms. The van der Waals surface area contributed by atoms with Crippen molar-refractivity contribution in [2.45, 2.75) is 13.5 Å². The lowest BCUT2D eigenvalue weighted by Crippen LogP contribution is -2.15. The molecule has 0 N–H and O–H groups in total. The van der Waals surface area contributed by atoms with Gasteiger partial charge in [-0.3, -0.25) is 0 Å². The molecule has 0 aliphatic carbocycles. The van der Waals surface area contributed by atoms with Gasteiger partial charge in [-0.05, 0) is 17.4 Å². The minimum Gasteiger partial charge on any atom is -0.460 e. The van der Waals surface area contributed by atoms with Crippen LogP contribution < -0.4 is 0 Å². The van der Waals surface area contributed by atoms with E-state index in [4.69, 9.17) is 16.3 Å². The molecule has 1 aromatic heterocycles. The fraction of sp³-hybridized carbons (Fsp3) is 0.667. The van der Waals surface area contributed by atoms with E-state index < -0.39 is 5.97 Å². The summed E-state index contributed by atoms with van der Waals surface area (Å²) in [6.45, 7) is 2.41. The maximum atomic E-state index is 11.2. The highest BCUT2D eigenvalue weighted by atomic mass is 35.5. The Balaban J connectivity index is 2.74. The van der Waals surface area contributed by atoms with Crippen LogP contribution >= 0.6 is 11.6 Å². The standard InChI is InChI=1S/C6H9ClN4O2/c1-2-13-6(12)5-8-9-10-11(5)4-3-7/h2-4H2,1H3. The number of tetrazole rings is 1. The highest BCUT2D eigenvalue weighted by Gasteiger charge is 2.15. The Morgan fingerprint density at radius 3 is 3.08 bits per heavy atom. The Morgan fingerprint density at radius 2 is 2.46 bits per heavy atom. The van der Waals surface area contributed by atoms with Gasteiger partial charge in [-0.2, -0.15) is 0 Å². The molecule has 0 atom stereocenters. The van der Waals surface area contributed by atoms with Gasteiger partial charge in [0.25, 0.3) is 5.82 Å². The van der Waals surface area contributed by atoms with E-state index in [2.05, 4.69) is 15.5 Å². The van der Waals surface area contributed by atoms with Crippen LogP contribution in [-0.2, 0) is 11.3 Å². The van der Waals surface area contributed by atoms with Gasteiger partial charge in [-0.25, -0.2) is 9.48 Å². The number of rotatable bonds is 4. The molecule has 0 bridgehead atoms. The average Bonchev–Trinajstić information content (AvgIpc) is 2.54. The number of ether oxygens (including phenoxy) is 1. The lowest BCUT2D eigenvalue weighted by molar-refractivity contribution is 0.0504. The Hall–Kier alpha value is -1.17. The van der Waals surface area contributed by atoms with Gasteiger partial charge in [0.1, 0.15) is 0 Å². The van der Waals surface area contributed by atoms with Gasteiger partial charge >= 0.3 is 5.97 Å². The summed E-state index contributed by atoms with van der Waals surface area (Å²) in [6.07, 6.45) is 0. The van der Waals surface area contributed by atoms with Crippen molar-refractivity contribution in [3.8, 4) is 0 Å². The third-order valence-corrected chi connectivity index (χ3v) is 1.46. The fourth-order valence-corrected chi connectivity index (χ4v) is 0.937. The second-order valence-electron chi connectivity index (χ2n) is 2.14. The summed E-state index contributed by atoms with van der Waals surface area (Å²) in [7, 11) is 0. The van der Waals surface area contributed by atoms with Crippen molar-refractivity contribution >= 4 is 17.6 Å². The Kier molecular flexibility index (Phi) is 3.63. The number of aromatic nitrogens is 4. The summed E-state index contributed by atoms with van der Waals surface area (Å²) < 4.78 is 6.04. The zero-order valence-electron chi connectivity index (χ0n) is 7.10. The lowest BCUT2D eigenvalue weighted by atomic mass is 10.6. The first-order valence-corrected chi connectivity index (χ1v) is 4.32. The SMILES string of the molecule is CCOC(=O)c1nnnn1CCCl. The predicted octanol–water partition coefficient (Wildman–Crippen LogP) is 0.0886. The van der Waals surface area contributed by atoms with Crippen LogP contribution in [0.4, 0.5) is 0 Å². The van der Waals surface area contributed by atoms with Crippen molar-refractivity contribution in [3.63, 3.8) is 0 Å². The third kappa shape index (κ3) is 2.38. The van der Waals surface area contributed by atoms with Gasteiger partial charge in [0.05, 0.1) is 13.2 Å². The van der Waals surface area contributed by atoms with Gasteiger partial charge in [-0.1, -0.05) is 0 Å². The quantitative estimate of drug-likeness (QED) is 0.514. The molecule has 0 aliphatic rings. The van der Waals surface area contributed by atoms with Crippen LogP contribution in [0.25, 0.3) is 0 Å². The van der Waals surface area contributed by atoms with Crippen LogP contribution in [0.5, 0.6) is 0 Å². The first-order chi connectivity index (χ1) is 6.29. The summed E-state index contributed by atoms with van der Waals surface area (Å²) in [4.78, 5) is 11.2. The number of hydrogen-bond acceptors (Lipinski definition) is 5. The number of halogens is 1. The highest BCUT2D eigenvalue weighted by molar-refractivity contribution is 6.17. The molecule has 1 heterocycles. The van der Waals surface area contributed by atoms with Gasteiger partial charge in [-0.15, -0.1) is 16.7 Å². The molecule has 1 rings (SSSR count). The molecule has 13 heavy (non-hydrogen) atoms. The molecule has 0 saturated heterocycles. The van der Waals surface area contributed by atoms with Crippen LogP contribution in [-0.4, -0.2) is 38.7 Å². The van der Waals surface area contributed by atoms with Crippen LogP contribution in [0.15, 0.2) is 0 Å². The molecule has 6 nitrogen and oxygen atoms in total. The Morgan fingerprint density at radius 1 is 1.69 bits per heavy atom. The number of esters is 1. The van der Waals surface area contributed by atoms with Crippen LogP contribution in [0.3, 0.4) is 0 Å². The summed E-state index contributed by atoms with van der Waals surface area (Å²) >= 11 is 5.48. The minimum atomic E-state index is -0.530. The van der Waals surface area contributed by atoms with E-state index in [9.17, 15) is 4.79 Å². The molecule has 0 saturated carbocycles. The molecule has 0 radical (unpaired) electrons. The van der Waals surface area contributed by atoms with Crippen molar-refractivity contribution in [1.82, 2.24) is 20.2 Å². The normalized spacial score (nSPS) is 10.0. The van der Waals surface area contributed by atoms with E-state index in [0.29, 0.717) is 19.0 Å². The second-order valence-corrected chi connectivity index (χ2v) is 2.51. The summed E-state index contributed by atoms with van der Waals surface area (Å²) in [5.74, 6) is -0.0996. The largest absolute Gasteiger partial charge is 0.460 e. The fourth-order valence-electron chi connectivity index (χ4n) is 0.777. The Labute approximate surface area is 79.8 Å². The molecule has 0 unspecified atom stereocenters. The van der Waals surface area contributed by atoms with Gasteiger partial charge in [0.2, 0.25) is 0 Å². The van der Waals surface area contributed by atoms with Crippen molar-refractivity contribution in [2.24, 2.45) is 0 Å². The molecule has 0 spiro atoms. The minimum absolute atomic E-state index is 0.0856. The second kappa shape index (κ2) is 4.76. The zero-order chi connectivity index (χ0) is 9.68. The number of aryl methyl sites for hydroxylation is 1. The van der Waals surface area contributed by atoms with Crippen LogP contribution in [0.2, 0.25) is 0 Å². The number of carbonyl (C=O) groups is 1. The van der Waals surface area contributed by atoms with E-state index in [-0.39, 0.29) is 5.82 Å². The number of carbonyl (C=O) groups excluding carboxylic acids is 1. The van der Waals surface area contributed by atoms with Crippen LogP contribution in [0.1, 0.15) is 17.5 Å². The molecular formula is C6H9ClN4O2. The number of nitrogens with zero attached hydrogens (tertiary/aromatic N) is 4. The lowest BCUT2D eigenvalue weighted by Gasteiger charge is -2.00. The summed E-state index contributed by atoms with van der Waals surface area (Å²) in [5, 5.41) is 10.4. The molecular weight excluding hydrogens is 196 g/mol. The number of alkyl halides is 1. The summed E-state index contributed by atoms with van der Waals surface area (Å²) in [6, 6.07) is 0. The van der Waals surface area contributed by atoms with Crippen molar-refractivity contribution < 1.29 is 9.53 Å². The van der Waals surface area contributed by atoms with Crippen LogP contribution in [0, 0.1) is 0 Å². The first kappa shape index (κ1) is 9.91. The molecule has 0 amide bonds. The maximum absolute atomic E-state index is 11.2. The number of hydrogen-bond donors (Lipinski definition) is 0. The monoisotopic (exact) mass is 204 g/mol. The van der Waals surface area contributed by atoms with Crippen molar-refractivity contribution in [1.29, 1.82) is 0 Å². The molecule has 0 aromatic carbocycles. The van der Waals surface area contributed by atoms with Gasteiger partial charge in [0, 0.05) is 5.88 Å². The van der Waals surface area contributed by atoms with E-state index >= 15 is 0 Å². The van der Waals surface area contributed by atoms with E-state index in [0.717, 1.165) is 0 Å². The van der Waals surface area contributed by atoms with E-state index in [1.165, 1.54) is 4.68 Å². The van der Waals surface area contributed by atoms with Crippen molar-refractivity contribution in [3.05, 3.63) is 5.82 Å². The van der Waals surface area contributed by atoms with Gasteiger partial charge in [0.15, 0.2) is 0 Å². The highest BCUT2D eigenvalue weighted by Crippen LogP contribution is 1.96. The van der Waals surface area contributed by atoms with Crippen molar-refractivity contribution in [2.75, 3.05) is 12.5 Å². The summed E-state index contributed by atoms with van der Waals surface area (Å²) in [5.41, 5.74) is 0. The molecule has 1 aromatic rings. The Bertz CT molecular complexity index is 288. The molecule has 72 valence electrons. The predicted molar refractivity (Wildman–Crippen MR) is 44.5 cm³/mol. The average molecular weight is 205 g/mol. The van der Waals surface area contributed by atoms with Gasteiger partial charge < -0.3 is 4.74 Å². The van der Waals surface area contributed by atoms with E-state index in [1.54, 1.807) is 6.92 Å². The molecule has 0 fully saturated rings. The first-order valence-electron chi connectivity index (χ1n) is 3.78. The topological polar surface area (TPSA) is 69.9 Å². The maximum Gasteiger partial charge on any atom is 0.378 e. The third-order valence-electron chi connectivity index (χ3n) is 1.29. The van der Waals surface area contributed by atoms with E-state index in [1.807, 2.05) is 0 Å². The molecule has 0 aliphatic heterocycles. The zero-order valence-corrected chi connectivity index (χ0v) is 7.86. The smallest absolute Gasteiger partial charge is 0.378 e.